The van der Waals surface area contributed by atoms with Gasteiger partial charge in [0.1, 0.15) is 5.82 Å². The fraction of sp³-hybridized carbons (Fsp3) is 0.385. The molecular formula is C13H15FN2. The lowest BCUT2D eigenvalue weighted by Crippen LogP contribution is -2.21. The summed E-state index contributed by atoms with van der Waals surface area (Å²) < 4.78 is 13.6. The minimum Gasteiger partial charge on any atom is -0.356 e. The molecular weight excluding hydrogens is 203 g/mol. The fourth-order valence-corrected chi connectivity index (χ4v) is 2.68. The van der Waals surface area contributed by atoms with Crippen molar-refractivity contribution < 1.29 is 4.39 Å². The van der Waals surface area contributed by atoms with Crippen molar-refractivity contribution in [3.8, 4) is 0 Å². The van der Waals surface area contributed by atoms with Crippen LogP contribution in [0.5, 0.6) is 0 Å². The summed E-state index contributed by atoms with van der Waals surface area (Å²) in [6.45, 7) is 0.724. The molecule has 3 rings (SSSR count). The first-order chi connectivity index (χ1) is 7.79. The maximum Gasteiger partial charge on any atom is 0.147 e. The largest absolute Gasteiger partial charge is 0.356 e. The molecule has 0 radical (unpaired) electrons. The average Bonchev–Trinajstić information content (AvgIpc) is 2.68. The van der Waals surface area contributed by atoms with Crippen LogP contribution in [0.25, 0.3) is 10.9 Å². The number of aromatic amines is 1. The summed E-state index contributed by atoms with van der Waals surface area (Å²) >= 11 is 0. The van der Waals surface area contributed by atoms with Crippen LogP contribution in [0.15, 0.2) is 18.2 Å². The number of fused-ring (bicyclic) bond motifs is 3. The SMILES string of the molecule is NCC1CCc2[nH]c3c(F)cccc3c2C1. The Morgan fingerprint density at radius 2 is 2.31 bits per heavy atom. The molecule has 1 heterocycles. The number of hydrogen-bond donors (Lipinski definition) is 2. The summed E-state index contributed by atoms with van der Waals surface area (Å²) in [5.74, 6) is 0.394. The Morgan fingerprint density at radius 1 is 1.44 bits per heavy atom. The van der Waals surface area contributed by atoms with Crippen molar-refractivity contribution in [2.75, 3.05) is 6.54 Å². The molecule has 1 aromatic heterocycles. The normalized spacial score (nSPS) is 20.0. The molecule has 2 nitrogen and oxygen atoms in total. The molecule has 0 saturated carbocycles. The van der Waals surface area contributed by atoms with Gasteiger partial charge in [0.2, 0.25) is 0 Å². The van der Waals surface area contributed by atoms with E-state index in [0.29, 0.717) is 11.4 Å². The van der Waals surface area contributed by atoms with Crippen LogP contribution in [0.2, 0.25) is 0 Å². The lowest BCUT2D eigenvalue weighted by molar-refractivity contribution is 0.468. The Hall–Kier alpha value is -1.35. The Morgan fingerprint density at radius 3 is 3.12 bits per heavy atom. The quantitative estimate of drug-likeness (QED) is 0.758. The second kappa shape index (κ2) is 3.59. The van der Waals surface area contributed by atoms with E-state index in [2.05, 4.69) is 4.98 Å². The molecule has 3 N–H and O–H groups in total. The molecule has 1 unspecified atom stereocenters. The Bertz CT molecular complexity index is 530. The van der Waals surface area contributed by atoms with E-state index in [1.807, 2.05) is 6.07 Å². The number of halogens is 1. The molecule has 1 atom stereocenters. The number of rotatable bonds is 1. The summed E-state index contributed by atoms with van der Waals surface area (Å²) in [5.41, 5.74) is 8.85. The monoisotopic (exact) mass is 218 g/mol. The maximum absolute atomic E-state index is 13.6. The summed E-state index contributed by atoms with van der Waals surface area (Å²) in [7, 11) is 0. The van der Waals surface area contributed by atoms with Gasteiger partial charge in [0, 0.05) is 11.1 Å². The molecule has 3 heteroatoms. The molecule has 0 saturated heterocycles. The number of H-pyrrole nitrogens is 1. The molecule has 1 aliphatic carbocycles. The van der Waals surface area contributed by atoms with E-state index < -0.39 is 0 Å². The van der Waals surface area contributed by atoms with Gasteiger partial charge in [-0.05, 0) is 43.4 Å². The van der Waals surface area contributed by atoms with Crippen molar-refractivity contribution in [3.05, 3.63) is 35.3 Å². The van der Waals surface area contributed by atoms with E-state index in [0.717, 1.165) is 31.2 Å². The van der Waals surface area contributed by atoms with Gasteiger partial charge >= 0.3 is 0 Å². The molecule has 1 aliphatic rings. The van der Waals surface area contributed by atoms with Gasteiger partial charge in [0.15, 0.2) is 0 Å². The maximum atomic E-state index is 13.6. The van der Waals surface area contributed by atoms with Crippen molar-refractivity contribution >= 4 is 10.9 Å². The van der Waals surface area contributed by atoms with Gasteiger partial charge in [0.05, 0.1) is 5.52 Å². The second-order valence-corrected chi connectivity index (χ2v) is 4.59. The highest BCUT2D eigenvalue weighted by Gasteiger charge is 2.22. The van der Waals surface area contributed by atoms with Crippen LogP contribution < -0.4 is 5.73 Å². The Kier molecular flexibility index (Phi) is 2.21. The zero-order valence-corrected chi connectivity index (χ0v) is 9.09. The first kappa shape index (κ1) is 9.85. The van der Waals surface area contributed by atoms with Crippen LogP contribution in [-0.2, 0) is 12.8 Å². The van der Waals surface area contributed by atoms with E-state index in [4.69, 9.17) is 5.73 Å². The van der Waals surface area contributed by atoms with Gasteiger partial charge in [-0.2, -0.15) is 0 Å². The standard InChI is InChI=1S/C13H15FN2/c14-11-3-1-2-9-10-6-8(7-15)4-5-12(10)16-13(9)11/h1-3,8,16H,4-7,15H2. The predicted molar refractivity (Wildman–Crippen MR) is 62.8 cm³/mol. The topological polar surface area (TPSA) is 41.8 Å². The number of aryl methyl sites for hydroxylation is 1. The van der Waals surface area contributed by atoms with Gasteiger partial charge in [-0.3, -0.25) is 0 Å². The van der Waals surface area contributed by atoms with E-state index in [9.17, 15) is 4.39 Å². The fourth-order valence-electron chi connectivity index (χ4n) is 2.68. The summed E-state index contributed by atoms with van der Waals surface area (Å²) in [6.07, 6.45) is 3.08. The first-order valence-corrected chi connectivity index (χ1v) is 5.77. The van der Waals surface area contributed by atoms with Crippen LogP contribution in [-0.4, -0.2) is 11.5 Å². The summed E-state index contributed by atoms with van der Waals surface area (Å²) in [4.78, 5) is 3.21. The van der Waals surface area contributed by atoms with Gasteiger partial charge in [-0.1, -0.05) is 12.1 Å². The highest BCUT2D eigenvalue weighted by atomic mass is 19.1. The van der Waals surface area contributed by atoms with Crippen molar-refractivity contribution in [2.24, 2.45) is 11.7 Å². The highest BCUT2D eigenvalue weighted by molar-refractivity contribution is 5.85. The van der Waals surface area contributed by atoms with Crippen LogP contribution in [0.1, 0.15) is 17.7 Å². The first-order valence-electron chi connectivity index (χ1n) is 5.77. The third-order valence-electron chi connectivity index (χ3n) is 3.61. The molecule has 0 bridgehead atoms. The number of nitrogens with two attached hydrogens (primary N) is 1. The zero-order chi connectivity index (χ0) is 11.1. The van der Waals surface area contributed by atoms with Crippen LogP contribution in [0.4, 0.5) is 4.39 Å². The summed E-state index contributed by atoms with van der Waals surface area (Å²) in [5, 5.41) is 1.04. The minimum absolute atomic E-state index is 0.156. The molecule has 0 aliphatic heterocycles. The van der Waals surface area contributed by atoms with Crippen LogP contribution >= 0.6 is 0 Å². The van der Waals surface area contributed by atoms with E-state index in [-0.39, 0.29) is 5.82 Å². The molecule has 2 aromatic rings. The molecule has 84 valence electrons. The van der Waals surface area contributed by atoms with Gasteiger partial charge in [-0.15, -0.1) is 0 Å². The van der Waals surface area contributed by atoms with Crippen molar-refractivity contribution in [1.29, 1.82) is 0 Å². The molecule has 0 amide bonds. The Labute approximate surface area is 93.6 Å². The number of nitrogens with one attached hydrogen (secondary N) is 1. The van der Waals surface area contributed by atoms with Crippen molar-refractivity contribution in [3.63, 3.8) is 0 Å². The zero-order valence-electron chi connectivity index (χ0n) is 9.09. The molecule has 0 fully saturated rings. The van der Waals surface area contributed by atoms with Gasteiger partial charge < -0.3 is 10.7 Å². The predicted octanol–water partition coefficient (Wildman–Crippen LogP) is 2.37. The molecule has 16 heavy (non-hydrogen) atoms. The Balaban J connectivity index is 2.18. The average molecular weight is 218 g/mol. The van der Waals surface area contributed by atoms with Gasteiger partial charge in [0.25, 0.3) is 0 Å². The minimum atomic E-state index is -0.156. The van der Waals surface area contributed by atoms with Crippen LogP contribution in [0, 0.1) is 11.7 Å². The smallest absolute Gasteiger partial charge is 0.147 e. The van der Waals surface area contributed by atoms with E-state index in [1.165, 1.54) is 17.3 Å². The third-order valence-corrected chi connectivity index (χ3v) is 3.61. The number of aromatic nitrogens is 1. The lowest BCUT2D eigenvalue weighted by atomic mass is 9.86. The van der Waals surface area contributed by atoms with Crippen LogP contribution in [0.3, 0.4) is 0 Å². The second-order valence-electron chi connectivity index (χ2n) is 4.59. The van der Waals surface area contributed by atoms with Crippen molar-refractivity contribution in [1.82, 2.24) is 4.98 Å². The van der Waals surface area contributed by atoms with Gasteiger partial charge in [-0.25, -0.2) is 4.39 Å². The highest BCUT2D eigenvalue weighted by Crippen LogP contribution is 2.32. The third kappa shape index (κ3) is 1.35. The van der Waals surface area contributed by atoms with E-state index in [1.54, 1.807) is 6.07 Å². The molecule has 0 spiro atoms. The molecule has 1 aromatic carbocycles. The number of hydrogen-bond acceptors (Lipinski definition) is 1. The summed E-state index contributed by atoms with van der Waals surface area (Å²) in [6, 6.07) is 5.27. The number of benzene rings is 1. The lowest BCUT2D eigenvalue weighted by Gasteiger charge is -2.20. The number of para-hydroxylation sites is 1. The van der Waals surface area contributed by atoms with Crippen molar-refractivity contribution in [2.45, 2.75) is 19.3 Å². The van der Waals surface area contributed by atoms with E-state index >= 15 is 0 Å².